The van der Waals surface area contributed by atoms with E-state index >= 15 is 0 Å². The van der Waals surface area contributed by atoms with Gasteiger partial charge in [0.1, 0.15) is 0 Å². The van der Waals surface area contributed by atoms with Gasteiger partial charge in [0.15, 0.2) is 23.6 Å². The van der Waals surface area contributed by atoms with Gasteiger partial charge in [0.05, 0.1) is 7.11 Å². The summed E-state index contributed by atoms with van der Waals surface area (Å²) in [6.07, 6.45) is 0.591. The maximum absolute atomic E-state index is 11.1. The molecule has 0 spiro atoms. The first-order valence-corrected chi connectivity index (χ1v) is 4.48. The van der Waals surface area contributed by atoms with Gasteiger partial charge < -0.3 is 13.6 Å². The first kappa shape index (κ1) is 10.2. The molecule has 2 rings (SSSR count). The van der Waals surface area contributed by atoms with Crippen molar-refractivity contribution >= 4 is 12.3 Å². The number of rotatable bonds is 3. The Morgan fingerprint density at radius 1 is 1.19 bits per heavy atom. The van der Waals surface area contributed by atoms with Gasteiger partial charge in [-0.25, -0.2) is 4.79 Å². The van der Waals surface area contributed by atoms with Crippen molar-refractivity contribution in [3.05, 3.63) is 35.8 Å². The van der Waals surface area contributed by atoms with E-state index in [1.54, 1.807) is 12.1 Å². The molecule has 5 heteroatoms. The Morgan fingerprint density at radius 3 is 2.50 bits per heavy atom. The first-order chi connectivity index (χ1) is 7.74. The highest BCUT2D eigenvalue weighted by Crippen LogP contribution is 2.24. The molecular formula is C11H8O5. The topological polar surface area (TPSA) is 69.7 Å². The van der Waals surface area contributed by atoms with Crippen molar-refractivity contribution in [3.63, 3.8) is 0 Å². The van der Waals surface area contributed by atoms with E-state index in [9.17, 15) is 9.59 Å². The van der Waals surface area contributed by atoms with Crippen molar-refractivity contribution in [2.45, 2.75) is 0 Å². The van der Waals surface area contributed by atoms with Crippen molar-refractivity contribution in [1.29, 1.82) is 0 Å². The highest BCUT2D eigenvalue weighted by molar-refractivity contribution is 5.86. The van der Waals surface area contributed by atoms with Crippen LogP contribution >= 0.6 is 0 Å². The molecule has 0 aliphatic rings. The van der Waals surface area contributed by atoms with Gasteiger partial charge in [-0.15, -0.1) is 0 Å². The molecule has 0 aromatic carbocycles. The molecule has 82 valence electrons. The van der Waals surface area contributed by atoms with Crippen molar-refractivity contribution in [1.82, 2.24) is 0 Å². The van der Waals surface area contributed by atoms with Gasteiger partial charge in [-0.2, -0.15) is 0 Å². The minimum Gasteiger partial charge on any atom is -0.463 e. The number of methoxy groups -OCH3 is 1. The van der Waals surface area contributed by atoms with Crippen LogP contribution in [0.25, 0.3) is 11.5 Å². The molecule has 0 N–H and O–H groups in total. The number of hydrogen-bond donors (Lipinski definition) is 0. The number of carbonyl (C=O) groups excluding carboxylic acids is 2. The van der Waals surface area contributed by atoms with E-state index in [4.69, 9.17) is 8.83 Å². The normalized spacial score (nSPS) is 10.1. The maximum atomic E-state index is 11.1. The van der Waals surface area contributed by atoms with Crippen LogP contribution in [0.15, 0.2) is 33.1 Å². The average molecular weight is 220 g/mol. The number of esters is 1. The van der Waals surface area contributed by atoms with Crippen molar-refractivity contribution in [3.8, 4) is 11.5 Å². The van der Waals surface area contributed by atoms with Gasteiger partial charge >= 0.3 is 5.97 Å². The summed E-state index contributed by atoms with van der Waals surface area (Å²) < 4.78 is 14.8. The maximum Gasteiger partial charge on any atom is 0.373 e. The second-order valence-electron chi connectivity index (χ2n) is 2.98. The molecule has 2 aromatic heterocycles. The number of ether oxygens (including phenoxy) is 1. The fraction of sp³-hybridized carbons (Fsp3) is 0.0909. The van der Waals surface area contributed by atoms with Crippen molar-refractivity contribution in [2.75, 3.05) is 7.11 Å². The Morgan fingerprint density at radius 2 is 1.88 bits per heavy atom. The van der Waals surface area contributed by atoms with Crippen LogP contribution in [0.1, 0.15) is 21.1 Å². The van der Waals surface area contributed by atoms with E-state index < -0.39 is 5.97 Å². The molecule has 0 atom stereocenters. The monoisotopic (exact) mass is 220 g/mol. The Balaban J connectivity index is 2.31. The highest BCUT2D eigenvalue weighted by atomic mass is 16.5. The van der Waals surface area contributed by atoms with Gasteiger partial charge in [0.2, 0.25) is 5.76 Å². The molecule has 16 heavy (non-hydrogen) atoms. The lowest BCUT2D eigenvalue weighted by molar-refractivity contribution is 0.0566. The van der Waals surface area contributed by atoms with Gasteiger partial charge in [0.25, 0.3) is 0 Å². The summed E-state index contributed by atoms with van der Waals surface area (Å²) in [5, 5.41) is 0. The third kappa shape index (κ3) is 1.75. The van der Waals surface area contributed by atoms with E-state index in [0.717, 1.165) is 0 Å². The largest absolute Gasteiger partial charge is 0.463 e. The zero-order valence-electron chi connectivity index (χ0n) is 8.43. The third-order valence-electron chi connectivity index (χ3n) is 1.98. The summed E-state index contributed by atoms with van der Waals surface area (Å²) in [6, 6.07) is 6.15. The quantitative estimate of drug-likeness (QED) is 0.585. The lowest BCUT2D eigenvalue weighted by atomic mass is 10.3. The Bertz CT molecular complexity index is 520. The second kappa shape index (κ2) is 4.06. The summed E-state index contributed by atoms with van der Waals surface area (Å²) in [6.45, 7) is 0. The van der Waals surface area contributed by atoms with Crippen molar-refractivity contribution < 1.29 is 23.2 Å². The van der Waals surface area contributed by atoms with Crippen LogP contribution in [0.4, 0.5) is 0 Å². The van der Waals surface area contributed by atoms with Crippen molar-refractivity contribution in [2.24, 2.45) is 0 Å². The van der Waals surface area contributed by atoms with E-state index in [2.05, 4.69) is 4.74 Å². The number of aldehydes is 1. The molecule has 0 aliphatic heterocycles. The van der Waals surface area contributed by atoms with Gasteiger partial charge in [-0.1, -0.05) is 0 Å². The number of carbonyl (C=O) groups is 2. The zero-order valence-corrected chi connectivity index (χ0v) is 8.43. The molecule has 0 amide bonds. The van der Waals surface area contributed by atoms with Gasteiger partial charge in [-0.3, -0.25) is 4.79 Å². The SMILES string of the molecule is COC(=O)c1ccc(-c2ccc(C=O)o2)o1. The van der Waals surface area contributed by atoms with Crippen LogP contribution in [0.5, 0.6) is 0 Å². The Kier molecular flexibility index (Phi) is 2.59. The van der Waals surface area contributed by atoms with E-state index in [1.807, 2.05) is 0 Å². The van der Waals surface area contributed by atoms with Crippen LogP contribution in [-0.4, -0.2) is 19.4 Å². The molecule has 2 heterocycles. The Labute approximate surface area is 90.6 Å². The molecule has 0 radical (unpaired) electrons. The van der Waals surface area contributed by atoms with Crippen LogP contribution < -0.4 is 0 Å². The van der Waals surface area contributed by atoms with Crippen LogP contribution in [0, 0.1) is 0 Å². The smallest absolute Gasteiger partial charge is 0.373 e. The molecule has 0 bridgehead atoms. The van der Waals surface area contributed by atoms with Crippen LogP contribution in [-0.2, 0) is 4.74 Å². The number of furan rings is 2. The molecule has 0 fully saturated rings. The second-order valence-corrected chi connectivity index (χ2v) is 2.98. The van der Waals surface area contributed by atoms with E-state index in [-0.39, 0.29) is 11.5 Å². The molecule has 0 aliphatic carbocycles. The molecule has 5 nitrogen and oxygen atoms in total. The molecule has 0 saturated heterocycles. The summed E-state index contributed by atoms with van der Waals surface area (Å²) in [5.74, 6) is 0.478. The predicted octanol–water partition coefficient (Wildman–Crippen LogP) is 2.14. The minimum atomic E-state index is -0.562. The van der Waals surface area contributed by atoms with Gasteiger partial charge in [0, 0.05) is 0 Å². The first-order valence-electron chi connectivity index (χ1n) is 4.48. The molecule has 0 unspecified atom stereocenters. The molecular weight excluding hydrogens is 212 g/mol. The lowest BCUT2D eigenvalue weighted by Crippen LogP contribution is -1.97. The summed E-state index contributed by atoms with van der Waals surface area (Å²) in [7, 11) is 1.27. The van der Waals surface area contributed by atoms with Crippen LogP contribution in [0.3, 0.4) is 0 Å². The minimum absolute atomic E-state index is 0.0848. The number of hydrogen-bond acceptors (Lipinski definition) is 5. The van der Waals surface area contributed by atoms with Crippen LogP contribution in [0.2, 0.25) is 0 Å². The fourth-order valence-corrected chi connectivity index (χ4v) is 1.23. The highest BCUT2D eigenvalue weighted by Gasteiger charge is 2.14. The summed E-state index contributed by atoms with van der Waals surface area (Å²) in [5.41, 5.74) is 0. The molecule has 2 aromatic rings. The van der Waals surface area contributed by atoms with E-state index in [0.29, 0.717) is 17.8 Å². The zero-order chi connectivity index (χ0) is 11.5. The lowest BCUT2D eigenvalue weighted by Gasteiger charge is -1.93. The standard InChI is InChI=1S/C11H8O5/c1-14-11(13)10-5-4-9(16-10)8-3-2-7(6-12)15-8/h2-6H,1H3. The third-order valence-corrected chi connectivity index (χ3v) is 1.98. The fourth-order valence-electron chi connectivity index (χ4n) is 1.23. The Hall–Kier alpha value is -2.30. The van der Waals surface area contributed by atoms with Gasteiger partial charge in [-0.05, 0) is 24.3 Å². The average Bonchev–Trinajstić information content (AvgIpc) is 2.95. The summed E-state index contributed by atoms with van der Waals surface area (Å²) >= 11 is 0. The summed E-state index contributed by atoms with van der Waals surface area (Å²) in [4.78, 5) is 21.5. The molecule has 0 saturated carbocycles. The predicted molar refractivity (Wildman–Crippen MR) is 53.1 cm³/mol. The van der Waals surface area contributed by atoms with E-state index in [1.165, 1.54) is 19.2 Å².